The van der Waals surface area contributed by atoms with Crippen LogP contribution < -0.4 is 0 Å². The lowest BCUT2D eigenvalue weighted by Gasteiger charge is -2.43. The van der Waals surface area contributed by atoms with Gasteiger partial charge in [-0.25, -0.2) is 0 Å². The molecule has 0 saturated carbocycles. The van der Waals surface area contributed by atoms with E-state index < -0.39 is 0 Å². The second-order valence-corrected chi connectivity index (χ2v) is 6.24. The third kappa shape index (κ3) is 1.73. The number of benzene rings is 1. The average Bonchev–Trinajstić information content (AvgIpc) is 2.73. The van der Waals surface area contributed by atoms with Crippen molar-refractivity contribution >= 4 is 10.9 Å². The van der Waals surface area contributed by atoms with Crippen molar-refractivity contribution in [3.05, 3.63) is 35.5 Å². The van der Waals surface area contributed by atoms with E-state index >= 15 is 0 Å². The minimum atomic E-state index is -0.259. The predicted molar refractivity (Wildman–Crippen MR) is 83.1 cm³/mol. The first-order chi connectivity index (χ1) is 9.47. The number of likely N-dealkylation sites (N-methyl/N-ethyl adjacent to an activating group) is 1. The van der Waals surface area contributed by atoms with E-state index in [1.807, 2.05) is 0 Å². The number of hydrogen-bond acceptors (Lipinski definition) is 2. The van der Waals surface area contributed by atoms with Crippen molar-refractivity contribution in [3.63, 3.8) is 0 Å². The van der Waals surface area contributed by atoms with Gasteiger partial charge in [0.05, 0.1) is 12.3 Å². The number of fused-ring (bicyclic) bond motifs is 3. The molecule has 2 heterocycles. The van der Waals surface area contributed by atoms with Crippen molar-refractivity contribution in [1.29, 1.82) is 0 Å². The maximum atomic E-state index is 6.26. The maximum Gasteiger partial charge on any atom is 0.121 e. The van der Waals surface area contributed by atoms with Crippen molar-refractivity contribution in [2.45, 2.75) is 39.0 Å². The molecule has 1 aliphatic heterocycles. The Balaban J connectivity index is 2.28. The van der Waals surface area contributed by atoms with Crippen molar-refractivity contribution in [3.8, 4) is 0 Å². The number of hydrogen-bond donors (Lipinski definition) is 0. The third-order valence-corrected chi connectivity index (χ3v) is 4.98. The predicted octanol–water partition coefficient (Wildman–Crippen LogP) is 3.15. The van der Waals surface area contributed by atoms with Gasteiger partial charge in [-0.15, -0.1) is 0 Å². The molecule has 0 aliphatic carbocycles. The SMILES string of the molecule is Cc1c2n(c3ccccc13)CCOC2(C)C(C)N(C)C. The van der Waals surface area contributed by atoms with Crippen LogP contribution >= 0.6 is 0 Å². The van der Waals surface area contributed by atoms with Gasteiger partial charge in [0.1, 0.15) is 5.60 Å². The second-order valence-electron chi connectivity index (χ2n) is 6.24. The zero-order chi connectivity index (χ0) is 14.5. The third-order valence-electron chi connectivity index (χ3n) is 4.98. The fraction of sp³-hybridized carbons (Fsp3) is 0.529. The Hall–Kier alpha value is -1.32. The molecule has 20 heavy (non-hydrogen) atoms. The molecule has 0 spiro atoms. The Morgan fingerprint density at radius 1 is 1.30 bits per heavy atom. The van der Waals surface area contributed by atoms with E-state index in [0.29, 0.717) is 6.04 Å². The van der Waals surface area contributed by atoms with Crippen LogP contribution in [0.4, 0.5) is 0 Å². The molecule has 1 aromatic heterocycles. The molecule has 2 atom stereocenters. The van der Waals surface area contributed by atoms with Gasteiger partial charge in [-0.05, 0) is 46.5 Å². The highest BCUT2D eigenvalue weighted by molar-refractivity contribution is 5.85. The van der Waals surface area contributed by atoms with Gasteiger partial charge in [-0.2, -0.15) is 0 Å². The van der Waals surface area contributed by atoms with Gasteiger partial charge in [-0.1, -0.05) is 18.2 Å². The second kappa shape index (κ2) is 4.61. The molecule has 0 bridgehead atoms. The van der Waals surface area contributed by atoms with Gasteiger partial charge < -0.3 is 14.2 Å². The summed E-state index contributed by atoms with van der Waals surface area (Å²) in [5.74, 6) is 0. The van der Waals surface area contributed by atoms with E-state index in [9.17, 15) is 0 Å². The summed E-state index contributed by atoms with van der Waals surface area (Å²) in [6, 6.07) is 9.00. The van der Waals surface area contributed by atoms with Crippen LogP contribution in [-0.2, 0) is 16.9 Å². The summed E-state index contributed by atoms with van der Waals surface area (Å²) in [5, 5.41) is 1.35. The van der Waals surface area contributed by atoms with Crippen LogP contribution in [0.1, 0.15) is 25.1 Å². The summed E-state index contributed by atoms with van der Waals surface area (Å²) >= 11 is 0. The summed E-state index contributed by atoms with van der Waals surface area (Å²) < 4.78 is 8.72. The highest BCUT2D eigenvalue weighted by atomic mass is 16.5. The molecule has 108 valence electrons. The van der Waals surface area contributed by atoms with Crippen LogP contribution in [0.2, 0.25) is 0 Å². The van der Waals surface area contributed by atoms with Gasteiger partial charge in [0.25, 0.3) is 0 Å². The number of ether oxygens (including phenoxy) is 1. The van der Waals surface area contributed by atoms with Crippen LogP contribution in [-0.4, -0.2) is 36.2 Å². The lowest BCUT2D eigenvalue weighted by atomic mass is 9.89. The molecular weight excluding hydrogens is 248 g/mol. The van der Waals surface area contributed by atoms with E-state index in [0.717, 1.165) is 13.2 Å². The lowest BCUT2D eigenvalue weighted by Crippen LogP contribution is -2.50. The Bertz CT molecular complexity index is 644. The summed E-state index contributed by atoms with van der Waals surface area (Å²) in [6.07, 6.45) is 0. The summed E-state index contributed by atoms with van der Waals surface area (Å²) in [4.78, 5) is 2.24. The van der Waals surface area contributed by atoms with Crippen molar-refractivity contribution in [2.24, 2.45) is 0 Å². The summed E-state index contributed by atoms with van der Waals surface area (Å²) in [7, 11) is 4.24. The quantitative estimate of drug-likeness (QED) is 0.835. The molecule has 0 N–H and O–H groups in total. The smallest absolute Gasteiger partial charge is 0.121 e. The number of aryl methyl sites for hydroxylation is 1. The van der Waals surface area contributed by atoms with Crippen LogP contribution in [0.25, 0.3) is 10.9 Å². The van der Waals surface area contributed by atoms with Crippen LogP contribution in [0.5, 0.6) is 0 Å². The van der Waals surface area contributed by atoms with Crippen LogP contribution in [0, 0.1) is 6.92 Å². The van der Waals surface area contributed by atoms with Crippen molar-refractivity contribution in [1.82, 2.24) is 9.47 Å². The van der Waals surface area contributed by atoms with E-state index in [1.54, 1.807) is 0 Å². The lowest BCUT2D eigenvalue weighted by molar-refractivity contribution is -0.105. The Morgan fingerprint density at radius 3 is 2.70 bits per heavy atom. The number of nitrogens with zero attached hydrogens (tertiary/aromatic N) is 2. The summed E-state index contributed by atoms with van der Waals surface area (Å²) in [6.45, 7) is 8.42. The first-order valence-corrected chi connectivity index (χ1v) is 7.35. The van der Waals surface area contributed by atoms with Gasteiger partial charge in [0.2, 0.25) is 0 Å². The Labute approximate surface area is 121 Å². The van der Waals surface area contributed by atoms with Crippen molar-refractivity contribution in [2.75, 3.05) is 20.7 Å². The highest BCUT2D eigenvalue weighted by Gasteiger charge is 2.42. The van der Waals surface area contributed by atoms with Crippen molar-refractivity contribution < 1.29 is 4.74 Å². The minimum Gasteiger partial charge on any atom is -0.366 e. The largest absolute Gasteiger partial charge is 0.366 e. The van der Waals surface area contributed by atoms with E-state index in [1.165, 1.54) is 22.2 Å². The highest BCUT2D eigenvalue weighted by Crippen LogP contribution is 2.40. The Kier molecular flexibility index (Phi) is 3.14. The molecule has 0 fully saturated rings. The minimum absolute atomic E-state index is 0.259. The maximum absolute atomic E-state index is 6.26. The fourth-order valence-corrected chi connectivity index (χ4v) is 3.58. The van der Waals surface area contributed by atoms with E-state index in [4.69, 9.17) is 4.74 Å². The van der Waals surface area contributed by atoms with Crippen LogP contribution in [0.3, 0.4) is 0 Å². The molecule has 1 aliphatic rings. The zero-order valence-electron chi connectivity index (χ0n) is 13.1. The van der Waals surface area contributed by atoms with E-state index in [2.05, 4.69) is 68.6 Å². The molecule has 3 heteroatoms. The van der Waals surface area contributed by atoms with Gasteiger partial charge >= 0.3 is 0 Å². The topological polar surface area (TPSA) is 17.4 Å². The Morgan fingerprint density at radius 2 is 2.00 bits per heavy atom. The molecule has 0 amide bonds. The molecule has 2 aromatic rings. The normalized spacial score (nSPS) is 24.1. The first kappa shape index (κ1) is 13.7. The first-order valence-electron chi connectivity index (χ1n) is 7.35. The zero-order valence-corrected chi connectivity index (χ0v) is 13.1. The fourth-order valence-electron chi connectivity index (χ4n) is 3.58. The average molecular weight is 272 g/mol. The summed E-state index contributed by atoms with van der Waals surface area (Å²) in [5.41, 5.74) is 3.77. The number of para-hydroxylation sites is 1. The van der Waals surface area contributed by atoms with Gasteiger partial charge in [0, 0.05) is 23.5 Å². The van der Waals surface area contributed by atoms with Crippen LogP contribution in [0.15, 0.2) is 24.3 Å². The molecule has 3 rings (SSSR count). The molecular formula is C17H24N2O. The molecule has 0 saturated heterocycles. The van der Waals surface area contributed by atoms with E-state index in [-0.39, 0.29) is 5.60 Å². The molecule has 2 unspecified atom stereocenters. The monoisotopic (exact) mass is 272 g/mol. The molecule has 0 radical (unpaired) electrons. The van der Waals surface area contributed by atoms with Gasteiger partial charge in [-0.3, -0.25) is 0 Å². The molecule has 1 aromatic carbocycles. The standard InChI is InChI=1S/C17H24N2O/c1-12-14-8-6-7-9-15(14)19-10-11-20-17(3,16(12)19)13(2)18(4)5/h6-9,13H,10-11H2,1-5H3. The van der Waals surface area contributed by atoms with Gasteiger partial charge in [0.15, 0.2) is 0 Å². The number of rotatable bonds is 2. The number of aromatic nitrogens is 1. The molecule has 3 nitrogen and oxygen atoms in total.